The lowest BCUT2D eigenvalue weighted by Gasteiger charge is -2.31. The molecule has 5 nitrogen and oxygen atoms in total. The minimum absolute atomic E-state index is 0.445. The van der Waals surface area contributed by atoms with Crippen molar-refractivity contribution in [3.63, 3.8) is 0 Å². The van der Waals surface area contributed by atoms with E-state index < -0.39 is 0 Å². The van der Waals surface area contributed by atoms with Crippen molar-refractivity contribution in [2.24, 2.45) is 0 Å². The Bertz CT molecular complexity index is 404. The van der Waals surface area contributed by atoms with E-state index in [0.29, 0.717) is 12.6 Å². The van der Waals surface area contributed by atoms with Gasteiger partial charge in [-0.25, -0.2) is 4.98 Å². The van der Waals surface area contributed by atoms with E-state index in [2.05, 4.69) is 26.3 Å². The molecular formula is C12H17N5. The molecule has 5 heteroatoms. The Morgan fingerprint density at radius 2 is 2.12 bits per heavy atom. The third kappa shape index (κ3) is 3.14. The summed E-state index contributed by atoms with van der Waals surface area (Å²) in [5.41, 5.74) is 0.937. The lowest BCUT2D eigenvalue weighted by molar-refractivity contribution is 0.242. The van der Waals surface area contributed by atoms with Gasteiger partial charge in [0.1, 0.15) is 5.82 Å². The fourth-order valence-electron chi connectivity index (χ4n) is 2.08. The van der Waals surface area contributed by atoms with Crippen LogP contribution >= 0.6 is 0 Å². The molecule has 1 saturated heterocycles. The summed E-state index contributed by atoms with van der Waals surface area (Å²) in [4.78, 5) is 10.7. The fraction of sp³-hybridized carbons (Fsp3) is 0.583. The summed E-state index contributed by atoms with van der Waals surface area (Å²) >= 11 is 0. The third-order valence-corrected chi connectivity index (χ3v) is 3.10. The highest BCUT2D eigenvalue weighted by Crippen LogP contribution is 2.16. The van der Waals surface area contributed by atoms with Gasteiger partial charge in [-0.15, -0.1) is 0 Å². The van der Waals surface area contributed by atoms with Gasteiger partial charge in [-0.3, -0.25) is 9.88 Å². The van der Waals surface area contributed by atoms with Crippen molar-refractivity contribution in [3.8, 4) is 6.07 Å². The number of piperidine rings is 1. The van der Waals surface area contributed by atoms with Crippen molar-refractivity contribution in [1.29, 1.82) is 5.26 Å². The fourth-order valence-corrected chi connectivity index (χ4v) is 2.08. The summed E-state index contributed by atoms with van der Waals surface area (Å²) in [5, 5.41) is 12.1. The topological polar surface area (TPSA) is 64.8 Å². The van der Waals surface area contributed by atoms with Crippen molar-refractivity contribution in [3.05, 3.63) is 18.1 Å². The maximum atomic E-state index is 8.63. The average molecular weight is 231 g/mol. The zero-order valence-corrected chi connectivity index (χ0v) is 10.1. The number of likely N-dealkylation sites (tertiary alicyclic amines) is 1. The van der Waals surface area contributed by atoms with Gasteiger partial charge in [-0.1, -0.05) is 0 Å². The number of aromatic nitrogens is 2. The largest absolute Gasteiger partial charge is 0.366 e. The van der Waals surface area contributed by atoms with Crippen LogP contribution in [0.1, 0.15) is 18.5 Å². The second-order valence-electron chi connectivity index (χ2n) is 4.34. The highest BCUT2D eigenvalue weighted by atomic mass is 15.1. The Morgan fingerprint density at radius 1 is 1.41 bits per heavy atom. The van der Waals surface area contributed by atoms with E-state index in [0.717, 1.165) is 37.4 Å². The van der Waals surface area contributed by atoms with Gasteiger partial charge in [-0.05, 0) is 19.8 Å². The molecule has 0 atom stereocenters. The van der Waals surface area contributed by atoms with Gasteiger partial charge >= 0.3 is 0 Å². The average Bonchev–Trinajstić information content (AvgIpc) is 2.35. The van der Waals surface area contributed by atoms with Crippen molar-refractivity contribution < 1.29 is 0 Å². The van der Waals surface area contributed by atoms with Gasteiger partial charge in [-0.2, -0.15) is 5.26 Å². The molecule has 0 radical (unpaired) electrons. The molecule has 2 rings (SSSR count). The van der Waals surface area contributed by atoms with Gasteiger partial charge in [0.05, 0.1) is 18.3 Å². The minimum atomic E-state index is 0.445. The number of hydrogen-bond donors (Lipinski definition) is 1. The number of nitriles is 1. The molecule has 0 bridgehead atoms. The molecular weight excluding hydrogens is 214 g/mol. The second kappa shape index (κ2) is 5.60. The zero-order valence-electron chi connectivity index (χ0n) is 10.1. The summed E-state index contributed by atoms with van der Waals surface area (Å²) in [7, 11) is 0. The van der Waals surface area contributed by atoms with Gasteiger partial charge in [0.2, 0.25) is 0 Å². The first-order chi connectivity index (χ1) is 8.29. The normalized spacial score (nSPS) is 17.6. The van der Waals surface area contributed by atoms with Crippen LogP contribution in [0.5, 0.6) is 0 Å². The molecule has 0 unspecified atom stereocenters. The molecule has 1 fully saturated rings. The van der Waals surface area contributed by atoms with Crippen LogP contribution in [0.15, 0.2) is 12.4 Å². The number of hydrogen-bond acceptors (Lipinski definition) is 5. The van der Waals surface area contributed by atoms with Crippen molar-refractivity contribution >= 4 is 5.82 Å². The lowest BCUT2D eigenvalue weighted by atomic mass is 10.1. The zero-order chi connectivity index (χ0) is 12.1. The Morgan fingerprint density at radius 3 is 2.76 bits per heavy atom. The van der Waals surface area contributed by atoms with Crippen LogP contribution in [0.25, 0.3) is 0 Å². The molecule has 0 spiro atoms. The van der Waals surface area contributed by atoms with Crippen molar-refractivity contribution in [1.82, 2.24) is 14.9 Å². The minimum Gasteiger partial charge on any atom is -0.366 e. The molecule has 1 aliphatic rings. The van der Waals surface area contributed by atoms with Gasteiger partial charge in [0.25, 0.3) is 0 Å². The van der Waals surface area contributed by atoms with Crippen molar-refractivity contribution in [2.45, 2.75) is 25.8 Å². The number of anilines is 1. The quantitative estimate of drug-likeness (QED) is 0.791. The van der Waals surface area contributed by atoms with Gasteiger partial charge < -0.3 is 5.32 Å². The van der Waals surface area contributed by atoms with Crippen molar-refractivity contribution in [2.75, 3.05) is 25.0 Å². The summed E-state index contributed by atoms with van der Waals surface area (Å²) in [6, 6.07) is 2.64. The predicted octanol–water partition coefficient (Wildman–Crippen LogP) is 1.18. The van der Waals surface area contributed by atoms with E-state index in [1.165, 1.54) is 0 Å². The maximum Gasteiger partial charge on any atom is 0.147 e. The molecule has 1 aromatic rings. The summed E-state index contributed by atoms with van der Waals surface area (Å²) in [5.74, 6) is 0.881. The molecule has 1 aliphatic heterocycles. The molecule has 2 heterocycles. The van der Waals surface area contributed by atoms with Crippen LogP contribution in [-0.2, 0) is 0 Å². The Balaban J connectivity index is 1.86. The highest BCUT2D eigenvalue weighted by Gasteiger charge is 2.19. The molecule has 0 amide bonds. The number of aryl methyl sites for hydroxylation is 1. The van der Waals surface area contributed by atoms with E-state index in [4.69, 9.17) is 5.26 Å². The first-order valence-electron chi connectivity index (χ1n) is 5.93. The summed E-state index contributed by atoms with van der Waals surface area (Å²) in [6.45, 7) is 4.45. The van der Waals surface area contributed by atoms with E-state index in [1.54, 1.807) is 12.4 Å². The molecule has 0 saturated carbocycles. The van der Waals surface area contributed by atoms with Gasteiger partial charge in [0.15, 0.2) is 0 Å². The lowest BCUT2D eigenvalue weighted by Crippen LogP contribution is -2.39. The number of nitrogens with zero attached hydrogens (tertiary/aromatic N) is 4. The molecule has 0 aromatic carbocycles. The molecule has 17 heavy (non-hydrogen) atoms. The van der Waals surface area contributed by atoms with E-state index >= 15 is 0 Å². The monoisotopic (exact) mass is 231 g/mol. The Labute approximate surface area is 101 Å². The van der Waals surface area contributed by atoms with E-state index in [1.807, 2.05) is 6.92 Å². The Hall–Kier alpha value is -1.67. The van der Waals surface area contributed by atoms with Crippen LogP contribution in [-0.4, -0.2) is 40.5 Å². The van der Waals surface area contributed by atoms with E-state index in [-0.39, 0.29) is 0 Å². The number of nitrogens with one attached hydrogen (secondary N) is 1. The Kier molecular flexibility index (Phi) is 3.89. The van der Waals surface area contributed by atoms with Crippen LogP contribution in [0.3, 0.4) is 0 Å². The molecule has 1 N–H and O–H groups in total. The second-order valence-corrected chi connectivity index (χ2v) is 4.34. The first kappa shape index (κ1) is 11.8. The van der Waals surface area contributed by atoms with Crippen LogP contribution in [0.2, 0.25) is 0 Å². The standard InChI is InChI=1S/C12H17N5/c1-10-12(15-6-5-14-10)16-11-2-7-17(8-3-11)9-4-13/h5-6,11H,2-3,7-9H2,1H3,(H,15,16). The predicted molar refractivity (Wildman–Crippen MR) is 65.5 cm³/mol. The molecule has 0 aliphatic carbocycles. The van der Waals surface area contributed by atoms with Crippen LogP contribution in [0.4, 0.5) is 5.82 Å². The van der Waals surface area contributed by atoms with Gasteiger partial charge in [0, 0.05) is 31.5 Å². The molecule has 90 valence electrons. The maximum absolute atomic E-state index is 8.63. The van der Waals surface area contributed by atoms with Crippen LogP contribution < -0.4 is 5.32 Å². The summed E-state index contributed by atoms with van der Waals surface area (Å²) in [6.07, 6.45) is 5.52. The smallest absolute Gasteiger partial charge is 0.147 e. The third-order valence-electron chi connectivity index (χ3n) is 3.10. The van der Waals surface area contributed by atoms with Crippen LogP contribution in [0, 0.1) is 18.3 Å². The highest BCUT2D eigenvalue weighted by molar-refractivity contribution is 5.39. The van der Waals surface area contributed by atoms with E-state index in [9.17, 15) is 0 Å². The SMILES string of the molecule is Cc1nccnc1NC1CCN(CC#N)CC1. The molecule has 1 aromatic heterocycles. The summed E-state index contributed by atoms with van der Waals surface area (Å²) < 4.78 is 0. The first-order valence-corrected chi connectivity index (χ1v) is 5.93. The number of rotatable bonds is 3.